The summed E-state index contributed by atoms with van der Waals surface area (Å²) < 4.78 is 12.5. The largest absolute Gasteiger partial charge is 0.348 e. The van der Waals surface area contributed by atoms with Gasteiger partial charge in [0.1, 0.15) is 0 Å². The molecule has 1 heterocycles. The summed E-state index contributed by atoms with van der Waals surface area (Å²) in [5.74, 6) is 0.518. The number of ether oxygens (including phenoxy) is 2. The van der Waals surface area contributed by atoms with Crippen molar-refractivity contribution in [1.82, 2.24) is 0 Å². The molecule has 130 valence electrons. The molecule has 0 saturated carbocycles. The molecule has 1 saturated heterocycles. The number of thioether (sulfide) groups is 1. The molecule has 1 atom stereocenters. The quantitative estimate of drug-likeness (QED) is 0.313. The Morgan fingerprint density at radius 2 is 1.64 bits per heavy atom. The Morgan fingerprint density at radius 1 is 1.05 bits per heavy atom. The molecule has 1 aliphatic heterocycles. The molecule has 22 heavy (non-hydrogen) atoms. The fraction of sp³-hybridized carbons (Fsp3) is 0.944. The first kappa shape index (κ1) is 20.4. The second-order valence-electron chi connectivity index (χ2n) is 6.71. The maximum atomic E-state index is 5.79. The van der Waals surface area contributed by atoms with Gasteiger partial charge in [0.25, 0.3) is 0 Å². The first-order chi connectivity index (χ1) is 10.5. The van der Waals surface area contributed by atoms with Gasteiger partial charge >= 0.3 is 0 Å². The van der Waals surface area contributed by atoms with Crippen LogP contribution in [-0.4, -0.2) is 28.4 Å². The van der Waals surface area contributed by atoms with Gasteiger partial charge in [-0.15, -0.1) is 11.8 Å². The molecule has 2 nitrogen and oxygen atoms in total. The molecule has 1 fully saturated rings. The van der Waals surface area contributed by atoms with E-state index in [0.29, 0.717) is 6.61 Å². The van der Waals surface area contributed by atoms with Crippen molar-refractivity contribution in [3.8, 4) is 0 Å². The van der Waals surface area contributed by atoms with Gasteiger partial charge in [-0.3, -0.25) is 0 Å². The first-order valence-corrected chi connectivity index (χ1v) is 10.4. The van der Waals surface area contributed by atoms with Gasteiger partial charge in [0.15, 0.2) is 5.79 Å². The van der Waals surface area contributed by atoms with Crippen molar-refractivity contribution in [3.63, 3.8) is 0 Å². The van der Waals surface area contributed by atoms with Crippen molar-refractivity contribution in [2.45, 2.75) is 96.9 Å². The highest BCUT2D eigenvalue weighted by Gasteiger charge is 2.32. The molecule has 0 spiro atoms. The van der Waals surface area contributed by atoms with E-state index in [2.05, 4.69) is 6.92 Å². The van der Waals surface area contributed by atoms with Gasteiger partial charge < -0.3 is 9.47 Å². The molecule has 4 heteroatoms. The minimum absolute atomic E-state index is 0.195. The lowest BCUT2D eigenvalue weighted by Gasteiger charge is -2.16. The molecule has 0 radical (unpaired) electrons. The minimum atomic E-state index is -0.413. The van der Waals surface area contributed by atoms with E-state index in [0.717, 1.165) is 16.4 Å². The molecule has 0 amide bonds. The molecule has 0 N–H and O–H groups in total. The van der Waals surface area contributed by atoms with Crippen LogP contribution in [0.15, 0.2) is 0 Å². The van der Waals surface area contributed by atoms with Crippen LogP contribution in [0.5, 0.6) is 0 Å². The summed E-state index contributed by atoms with van der Waals surface area (Å²) in [5, 5.41) is 0. The smallest absolute Gasteiger partial charge is 0.163 e. The fourth-order valence-electron chi connectivity index (χ4n) is 2.68. The van der Waals surface area contributed by atoms with E-state index in [4.69, 9.17) is 21.7 Å². The van der Waals surface area contributed by atoms with Gasteiger partial charge in [-0.25, -0.2) is 0 Å². The summed E-state index contributed by atoms with van der Waals surface area (Å²) in [6.45, 7) is 6.91. The summed E-state index contributed by atoms with van der Waals surface area (Å²) in [6, 6.07) is 0. The Balaban J connectivity index is 1.87. The van der Waals surface area contributed by atoms with Gasteiger partial charge in [-0.2, -0.15) is 0 Å². The maximum absolute atomic E-state index is 5.79. The Kier molecular flexibility index (Phi) is 11.0. The lowest BCUT2D eigenvalue weighted by atomic mass is 10.1. The number of hydrogen-bond donors (Lipinski definition) is 0. The van der Waals surface area contributed by atoms with Gasteiger partial charge in [0.2, 0.25) is 0 Å². The second kappa shape index (κ2) is 11.8. The Labute approximate surface area is 147 Å². The highest BCUT2D eigenvalue weighted by atomic mass is 32.2. The molecular weight excluding hydrogens is 312 g/mol. The topological polar surface area (TPSA) is 18.5 Å². The van der Waals surface area contributed by atoms with E-state index in [1.165, 1.54) is 57.8 Å². The third kappa shape index (κ3) is 10.2. The average molecular weight is 347 g/mol. The van der Waals surface area contributed by atoms with Crippen LogP contribution in [0.1, 0.15) is 85.0 Å². The summed E-state index contributed by atoms with van der Waals surface area (Å²) in [6.07, 6.45) is 13.6. The minimum Gasteiger partial charge on any atom is -0.348 e. The van der Waals surface area contributed by atoms with E-state index in [-0.39, 0.29) is 6.10 Å². The van der Waals surface area contributed by atoms with Gasteiger partial charge in [0.05, 0.1) is 12.7 Å². The van der Waals surface area contributed by atoms with Gasteiger partial charge in [0, 0.05) is 9.95 Å². The Bertz CT molecular complexity index is 305. The van der Waals surface area contributed by atoms with Gasteiger partial charge in [-0.05, 0) is 26.7 Å². The van der Waals surface area contributed by atoms with E-state index < -0.39 is 5.79 Å². The molecule has 0 aromatic heterocycles. The van der Waals surface area contributed by atoms with Crippen molar-refractivity contribution in [2.24, 2.45) is 0 Å². The zero-order valence-corrected chi connectivity index (χ0v) is 16.3. The van der Waals surface area contributed by atoms with Gasteiger partial charge in [-0.1, -0.05) is 70.5 Å². The van der Waals surface area contributed by atoms with Crippen molar-refractivity contribution < 1.29 is 9.47 Å². The van der Waals surface area contributed by atoms with Crippen molar-refractivity contribution in [2.75, 3.05) is 12.4 Å². The third-order valence-corrected chi connectivity index (χ3v) is 5.60. The van der Waals surface area contributed by atoms with Crippen molar-refractivity contribution in [3.05, 3.63) is 0 Å². The summed E-state index contributed by atoms with van der Waals surface area (Å²) >= 11 is 7.24. The predicted octanol–water partition coefficient (Wildman–Crippen LogP) is 6.12. The molecule has 0 aromatic carbocycles. The van der Waals surface area contributed by atoms with Crippen LogP contribution in [0.3, 0.4) is 0 Å². The van der Waals surface area contributed by atoms with Crippen LogP contribution < -0.4 is 0 Å². The van der Waals surface area contributed by atoms with Crippen LogP contribution in [0.2, 0.25) is 0 Å². The monoisotopic (exact) mass is 346 g/mol. The zero-order chi connectivity index (χ0) is 16.3. The highest BCUT2D eigenvalue weighted by Crippen LogP contribution is 2.25. The number of thiocarbonyl (C=S) groups is 1. The molecule has 0 aromatic rings. The van der Waals surface area contributed by atoms with Crippen molar-refractivity contribution >= 4 is 28.2 Å². The van der Waals surface area contributed by atoms with E-state index in [1.807, 2.05) is 13.8 Å². The van der Waals surface area contributed by atoms with Crippen molar-refractivity contribution in [1.29, 1.82) is 0 Å². The predicted molar refractivity (Wildman–Crippen MR) is 102 cm³/mol. The molecule has 1 rings (SSSR count). The van der Waals surface area contributed by atoms with Crippen LogP contribution in [0.4, 0.5) is 0 Å². The summed E-state index contributed by atoms with van der Waals surface area (Å²) in [4.78, 5) is 0. The zero-order valence-electron chi connectivity index (χ0n) is 14.7. The first-order valence-electron chi connectivity index (χ1n) is 9.01. The lowest BCUT2D eigenvalue weighted by Crippen LogP contribution is -2.22. The van der Waals surface area contributed by atoms with E-state index >= 15 is 0 Å². The van der Waals surface area contributed by atoms with Crippen LogP contribution in [0.25, 0.3) is 0 Å². The fourth-order valence-corrected chi connectivity index (χ4v) is 3.86. The molecule has 0 aliphatic carbocycles. The molecular formula is C18H34O2S2. The van der Waals surface area contributed by atoms with Crippen LogP contribution in [-0.2, 0) is 9.47 Å². The standard InChI is InChI=1S/C18H34O2S2/c1-4-5-6-7-8-9-10-11-12-13-17(21)22-15-16-14-19-18(2,3)20-16/h16H,4-15H2,1-3H3. The molecule has 1 aliphatic rings. The third-order valence-electron chi connectivity index (χ3n) is 3.98. The highest BCUT2D eigenvalue weighted by molar-refractivity contribution is 8.23. The number of hydrogen-bond acceptors (Lipinski definition) is 4. The molecule has 0 bridgehead atoms. The summed E-state index contributed by atoms with van der Waals surface area (Å²) in [7, 11) is 0. The van der Waals surface area contributed by atoms with Crippen LogP contribution >= 0.6 is 24.0 Å². The maximum Gasteiger partial charge on any atom is 0.163 e. The number of unbranched alkanes of at least 4 members (excludes halogenated alkanes) is 8. The normalized spacial score (nSPS) is 20.4. The lowest BCUT2D eigenvalue weighted by molar-refractivity contribution is -0.135. The van der Waals surface area contributed by atoms with Crippen LogP contribution in [0, 0.1) is 0 Å². The summed E-state index contributed by atoms with van der Waals surface area (Å²) in [5.41, 5.74) is 0. The number of rotatable bonds is 12. The SMILES string of the molecule is CCCCCCCCCCCC(=S)SCC1COC(C)(C)O1. The Morgan fingerprint density at radius 3 is 2.18 bits per heavy atom. The molecule has 1 unspecified atom stereocenters. The van der Waals surface area contributed by atoms with E-state index in [1.54, 1.807) is 11.8 Å². The Hall–Kier alpha value is 0.360. The van der Waals surface area contributed by atoms with E-state index in [9.17, 15) is 0 Å². The second-order valence-corrected chi connectivity index (χ2v) is 8.58. The average Bonchev–Trinajstić information content (AvgIpc) is 2.83.